The van der Waals surface area contributed by atoms with E-state index in [2.05, 4.69) is 38.8 Å². The zero-order chi connectivity index (χ0) is 23.9. The van der Waals surface area contributed by atoms with E-state index in [-0.39, 0.29) is 0 Å². The van der Waals surface area contributed by atoms with E-state index < -0.39 is 16.6 Å². The molecular formula is C25H32N6O2. The fourth-order valence-electron chi connectivity index (χ4n) is 4.96. The number of allylic oxidation sites excluding steroid dienone is 1. The van der Waals surface area contributed by atoms with Gasteiger partial charge in [0, 0.05) is 32.2 Å². The summed E-state index contributed by atoms with van der Waals surface area (Å²) in [6.07, 6.45) is 7.18. The third-order valence-corrected chi connectivity index (χ3v) is 7.47. The average Bonchev–Trinajstić information content (AvgIpc) is 3.39. The van der Waals surface area contributed by atoms with Crippen LogP contribution in [0.2, 0.25) is 0 Å². The van der Waals surface area contributed by atoms with Crippen molar-refractivity contribution in [2.75, 3.05) is 27.2 Å². The molecule has 1 N–H and O–H groups in total. The predicted octanol–water partition coefficient (Wildman–Crippen LogP) is 3.26. The quantitative estimate of drug-likeness (QED) is 0.540. The van der Waals surface area contributed by atoms with Gasteiger partial charge in [0.15, 0.2) is 5.84 Å². The van der Waals surface area contributed by atoms with E-state index >= 15 is 0 Å². The molecule has 8 nitrogen and oxygen atoms in total. The number of nitrogens with zero attached hydrogens (tertiary/aromatic N) is 6. The summed E-state index contributed by atoms with van der Waals surface area (Å²) in [5.74, 6) is 1.26. The molecule has 1 aromatic carbocycles. The number of benzene rings is 1. The van der Waals surface area contributed by atoms with Crippen LogP contribution >= 0.6 is 0 Å². The van der Waals surface area contributed by atoms with E-state index in [9.17, 15) is 10.4 Å². The summed E-state index contributed by atoms with van der Waals surface area (Å²) in [4.78, 5) is 10.8. The van der Waals surface area contributed by atoms with Crippen LogP contribution in [0, 0.1) is 11.3 Å². The van der Waals surface area contributed by atoms with Crippen molar-refractivity contribution < 1.29 is 9.84 Å². The van der Waals surface area contributed by atoms with Crippen molar-refractivity contribution in [3.8, 4) is 6.07 Å². The minimum Gasteiger partial charge on any atom is -0.387 e. The number of aromatic nitrogens is 2. The summed E-state index contributed by atoms with van der Waals surface area (Å²) in [6.45, 7) is 8.47. The molecule has 2 aliphatic rings. The van der Waals surface area contributed by atoms with Crippen LogP contribution in [-0.2, 0) is 10.2 Å². The number of hydrogen-bond donors (Lipinski definition) is 1. The Morgan fingerprint density at radius 1 is 1.36 bits per heavy atom. The average molecular weight is 449 g/mol. The fourth-order valence-corrected chi connectivity index (χ4v) is 4.96. The van der Waals surface area contributed by atoms with Crippen LogP contribution < -0.4 is 0 Å². The maximum absolute atomic E-state index is 10.7. The predicted molar refractivity (Wildman–Crippen MR) is 129 cm³/mol. The van der Waals surface area contributed by atoms with E-state index in [1.54, 1.807) is 38.9 Å². The second kappa shape index (κ2) is 8.40. The number of ether oxygens (including phenoxy) is 1. The van der Waals surface area contributed by atoms with Crippen molar-refractivity contribution in [2.24, 2.45) is 9.98 Å². The summed E-state index contributed by atoms with van der Waals surface area (Å²) >= 11 is 0. The SMILES string of the molecule is C=N/C(=C\C(=N/C)n1ncc2ccc(C3(C#N)CCC3)cc21)N1CC[C@](OC)(C(C)(C)O)C1. The molecule has 0 spiro atoms. The molecule has 33 heavy (non-hydrogen) atoms. The normalized spacial score (nSPS) is 23.5. The molecule has 1 aliphatic carbocycles. The zero-order valence-electron chi connectivity index (χ0n) is 19.9. The largest absolute Gasteiger partial charge is 0.387 e. The third kappa shape index (κ3) is 3.75. The molecule has 0 bridgehead atoms. The van der Waals surface area contributed by atoms with E-state index in [0.717, 1.165) is 35.7 Å². The van der Waals surface area contributed by atoms with Crippen molar-refractivity contribution in [3.63, 3.8) is 0 Å². The Labute approximate surface area is 194 Å². The van der Waals surface area contributed by atoms with Crippen molar-refractivity contribution in [2.45, 2.75) is 56.1 Å². The lowest BCUT2D eigenvalue weighted by Gasteiger charge is -2.39. The molecule has 1 saturated heterocycles. The second-order valence-corrected chi connectivity index (χ2v) is 9.55. The van der Waals surface area contributed by atoms with Crippen LogP contribution in [0.1, 0.15) is 45.1 Å². The van der Waals surface area contributed by atoms with E-state index in [1.165, 1.54) is 0 Å². The number of methoxy groups -OCH3 is 1. The Hall–Kier alpha value is -3.02. The van der Waals surface area contributed by atoms with E-state index in [1.807, 2.05) is 18.2 Å². The molecular weight excluding hydrogens is 416 g/mol. The summed E-state index contributed by atoms with van der Waals surface area (Å²) in [5, 5.41) is 26.0. The van der Waals surface area contributed by atoms with Crippen LogP contribution in [0.5, 0.6) is 0 Å². The third-order valence-electron chi connectivity index (χ3n) is 7.47. The van der Waals surface area contributed by atoms with Crippen molar-refractivity contribution >= 4 is 23.5 Å². The molecule has 4 rings (SSSR count). The fraction of sp³-hybridized carbons (Fsp3) is 0.520. The lowest BCUT2D eigenvalue weighted by Crippen LogP contribution is -2.53. The van der Waals surface area contributed by atoms with Crippen molar-refractivity contribution in [1.82, 2.24) is 14.7 Å². The van der Waals surface area contributed by atoms with Gasteiger partial charge in [-0.1, -0.05) is 12.1 Å². The first-order chi connectivity index (χ1) is 15.7. The first kappa shape index (κ1) is 23.1. The minimum atomic E-state index is -1.00. The molecule has 1 saturated carbocycles. The van der Waals surface area contributed by atoms with Gasteiger partial charge in [-0.3, -0.25) is 4.99 Å². The first-order valence-electron chi connectivity index (χ1n) is 11.3. The Balaban J connectivity index is 1.69. The first-order valence-corrected chi connectivity index (χ1v) is 11.3. The number of rotatable bonds is 6. The summed E-state index contributed by atoms with van der Waals surface area (Å²) < 4.78 is 7.55. The molecule has 8 heteroatoms. The van der Waals surface area contributed by atoms with E-state index in [4.69, 9.17) is 4.74 Å². The van der Waals surface area contributed by atoms with Crippen LogP contribution in [0.25, 0.3) is 10.9 Å². The highest BCUT2D eigenvalue weighted by Gasteiger charge is 2.49. The molecule has 2 fully saturated rings. The maximum atomic E-state index is 10.7. The van der Waals surface area contributed by atoms with Gasteiger partial charge in [-0.15, -0.1) is 0 Å². The monoisotopic (exact) mass is 448 g/mol. The zero-order valence-corrected chi connectivity index (χ0v) is 19.9. The summed E-state index contributed by atoms with van der Waals surface area (Å²) in [6, 6.07) is 8.64. The van der Waals surface area contributed by atoms with Gasteiger partial charge < -0.3 is 14.7 Å². The lowest BCUT2D eigenvalue weighted by atomic mass is 9.65. The topological polar surface area (TPSA) is 99.0 Å². The number of likely N-dealkylation sites (tertiary alicyclic amines) is 1. The van der Waals surface area contributed by atoms with Gasteiger partial charge in [0.2, 0.25) is 0 Å². The molecule has 0 unspecified atom stereocenters. The molecule has 2 heterocycles. The summed E-state index contributed by atoms with van der Waals surface area (Å²) in [7, 11) is 3.35. The Morgan fingerprint density at radius 3 is 2.64 bits per heavy atom. The van der Waals surface area contributed by atoms with Crippen molar-refractivity contribution in [1.29, 1.82) is 5.26 Å². The summed E-state index contributed by atoms with van der Waals surface area (Å²) in [5.41, 5.74) is -0.161. The minimum absolute atomic E-state index is 0.396. The number of fused-ring (bicyclic) bond motifs is 1. The van der Waals surface area contributed by atoms with Crippen molar-refractivity contribution in [3.05, 3.63) is 41.9 Å². The number of aliphatic hydroxyl groups is 1. The van der Waals surface area contributed by atoms with Gasteiger partial charge in [-0.2, -0.15) is 10.4 Å². The Kier molecular flexibility index (Phi) is 5.89. The van der Waals surface area contributed by atoms with Gasteiger partial charge in [-0.25, -0.2) is 9.67 Å². The van der Waals surface area contributed by atoms with Gasteiger partial charge >= 0.3 is 0 Å². The van der Waals surface area contributed by atoms with Gasteiger partial charge in [-0.05, 0) is 57.9 Å². The maximum Gasteiger partial charge on any atom is 0.152 e. The highest BCUT2D eigenvalue weighted by Crippen LogP contribution is 2.43. The van der Waals surface area contributed by atoms with Crippen LogP contribution in [0.15, 0.2) is 46.3 Å². The number of nitriles is 1. The standard InChI is InChI=1S/C25H32N6O2/c1-23(2,32)25(33-5)11-12-30(17-25)21(27-3)14-22(28-4)31-20-13-19(8-7-18(20)15-29-31)24(16-26)9-6-10-24/h7-8,13-15,32H,3,6,9-12,17H2,1-2,4-5H3/b21-14+,28-22+/t25-/m1/s1. The second-order valence-electron chi connectivity index (χ2n) is 9.55. The number of hydrogen-bond acceptors (Lipinski definition) is 7. The highest BCUT2D eigenvalue weighted by molar-refractivity contribution is 6.00. The molecule has 1 aromatic heterocycles. The molecule has 1 aliphatic heterocycles. The molecule has 1 atom stereocenters. The van der Waals surface area contributed by atoms with Gasteiger partial charge in [0.05, 0.1) is 35.3 Å². The molecule has 0 radical (unpaired) electrons. The smallest absolute Gasteiger partial charge is 0.152 e. The van der Waals surface area contributed by atoms with Crippen LogP contribution in [0.4, 0.5) is 0 Å². The van der Waals surface area contributed by atoms with Gasteiger partial charge in [0.1, 0.15) is 11.4 Å². The Morgan fingerprint density at radius 2 is 2.12 bits per heavy atom. The number of aliphatic imine (C=N–C) groups is 2. The van der Waals surface area contributed by atoms with Crippen LogP contribution in [0.3, 0.4) is 0 Å². The Bertz CT molecular complexity index is 1160. The highest BCUT2D eigenvalue weighted by atomic mass is 16.5. The molecule has 174 valence electrons. The lowest BCUT2D eigenvalue weighted by molar-refractivity contribution is -0.143. The van der Waals surface area contributed by atoms with Gasteiger partial charge in [0.25, 0.3) is 0 Å². The van der Waals surface area contributed by atoms with E-state index in [0.29, 0.717) is 31.2 Å². The molecule has 2 aromatic rings. The molecule has 0 amide bonds. The van der Waals surface area contributed by atoms with Crippen LogP contribution in [-0.4, -0.2) is 70.8 Å².